The first-order chi connectivity index (χ1) is 19.3. The van der Waals surface area contributed by atoms with Gasteiger partial charge in [0, 0.05) is 13.1 Å². The van der Waals surface area contributed by atoms with E-state index < -0.39 is 28.1 Å². The fourth-order valence-electron chi connectivity index (χ4n) is 5.02. The molecule has 41 heavy (non-hydrogen) atoms. The van der Waals surface area contributed by atoms with E-state index in [-0.39, 0.29) is 10.5 Å². The van der Waals surface area contributed by atoms with Gasteiger partial charge in [0.2, 0.25) is 0 Å². The Kier molecular flexibility index (Phi) is 11.0. The molecule has 0 aromatic heterocycles. The number of piperidine rings is 2. The van der Waals surface area contributed by atoms with Crippen LogP contribution >= 0.6 is 0 Å². The lowest BCUT2D eigenvalue weighted by Gasteiger charge is -2.36. The molecule has 2 aliphatic heterocycles. The third kappa shape index (κ3) is 9.63. The van der Waals surface area contributed by atoms with E-state index in [9.17, 15) is 31.5 Å². The van der Waals surface area contributed by atoms with Crippen molar-refractivity contribution in [2.45, 2.75) is 56.5 Å². The van der Waals surface area contributed by atoms with Crippen LogP contribution in [0.4, 0.5) is 24.5 Å². The number of halogens is 3. The number of nitrogens with zero attached hydrogens (tertiary/aromatic N) is 2. The number of alkyl halides is 3. The first kappa shape index (κ1) is 32.2. The van der Waals surface area contributed by atoms with Gasteiger partial charge in [-0.25, -0.2) is 18.0 Å². The van der Waals surface area contributed by atoms with E-state index in [1.165, 1.54) is 51.4 Å². The van der Waals surface area contributed by atoms with E-state index in [1.807, 2.05) is 13.0 Å². The standard InChI is InChI=1S/C26H35N3O4S.C2HF3O2/c1-20-6-5-7-23(18-20)34(32,33)27-24-19-22(26(30)31)8-9-25(24)29-16-11-21(12-17-29)10-15-28-13-3-2-4-14-28;3-2(4,5)1(6)7/h5-9,18-19,21,27H,2-4,10-17H2,1H3,(H,30,31);(H,6,7). The molecule has 2 heterocycles. The second-order valence-electron chi connectivity index (χ2n) is 10.4. The molecule has 0 spiro atoms. The zero-order chi connectivity index (χ0) is 30.2. The molecule has 0 saturated carbocycles. The summed E-state index contributed by atoms with van der Waals surface area (Å²) < 4.78 is 60.6. The number of carboxylic acids is 2. The van der Waals surface area contributed by atoms with E-state index in [0.29, 0.717) is 11.6 Å². The van der Waals surface area contributed by atoms with Gasteiger partial charge in [0.05, 0.1) is 21.8 Å². The van der Waals surface area contributed by atoms with Gasteiger partial charge in [0.1, 0.15) is 0 Å². The number of hydrogen-bond donors (Lipinski definition) is 3. The number of anilines is 2. The second-order valence-corrected chi connectivity index (χ2v) is 12.1. The quantitative estimate of drug-likeness (QED) is 0.377. The Morgan fingerprint density at radius 3 is 2.17 bits per heavy atom. The van der Waals surface area contributed by atoms with Crippen LogP contribution in [0.25, 0.3) is 0 Å². The van der Waals surface area contributed by atoms with Gasteiger partial charge in [-0.3, -0.25) is 4.72 Å². The van der Waals surface area contributed by atoms with Crippen LogP contribution in [-0.4, -0.2) is 74.4 Å². The van der Waals surface area contributed by atoms with Crippen molar-refractivity contribution in [3.05, 3.63) is 53.6 Å². The van der Waals surface area contributed by atoms with Crippen LogP contribution in [-0.2, 0) is 14.8 Å². The van der Waals surface area contributed by atoms with Gasteiger partial charge in [-0.2, -0.15) is 13.2 Å². The number of aromatic carboxylic acids is 1. The number of benzene rings is 2. The molecule has 2 aliphatic rings. The Morgan fingerprint density at radius 1 is 0.976 bits per heavy atom. The molecule has 0 bridgehead atoms. The number of carbonyl (C=O) groups is 2. The molecule has 0 aliphatic carbocycles. The van der Waals surface area contributed by atoms with Gasteiger partial charge in [-0.1, -0.05) is 18.6 Å². The maximum Gasteiger partial charge on any atom is 0.490 e. The largest absolute Gasteiger partial charge is 0.490 e. The van der Waals surface area contributed by atoms with Crippen LogP contribution in [0.2, 0.25) is 0 Å². The van der Waals surface area contributed by atoms with E-state index in [1.54, 1.807) is 30.3 Å². The zero-order valence-electron chi connectivity index (χ0n) is 22.9. The average Bonchev–Trinajstić information content (AvgIpc) is 2.92. The third-order valence-corrected chi connectivity index (χ3v) is 8.65. The molecule has 2 aromatic rings. The van der Waals surface area contributed by atoms with E-state index in [0.717, 1.165) is 37.2 Å². The van der Waals surface area contributed by atoms with Crippen molar-refractivity contribution in [3.8, 4) is 0 Å². The maximum absolute atomic E-state index is 13.1. The van der Waals surface area contributed by atoms with Crippen LogP contribution in [0, 0.1) is 12.8 Å². The van der Waals surface area contributed by atoms with Gasteiger partial charge < -0.3 is 20.0 Å². The Morgan fingerprint density at radius 2 is 1.61 bits per heavy atom. The Bertz CT molecular complexity index is 1310. The highest BCUT2D eigenvalue weighted by atomic mass is 32.2. The summed E-state index contributed by atoms with van der Waals surface area (Å²) in [7, 11) is -3.85. The summed E-state index contributed by atoms with van der Waals surface area (Å²) in [6.45, 7) is 7.11. The number of likely N-dealkylation sites (tertiary alicyclic amines) is 1. The molecule has 0 amide bonds. The van der Waals surface area contributed by atoms with Gasteiger partial charge in [0.15, 0.2) is 0 Å². The number of aryl methyl sites for hydroxylation is 1. The molecule has 2 saturated heterocycles. The molecule has 2 fully saturated rings. The van der Waals surface area contributed by atoms with Crippen LogP contribution < -0.4 is 9.62 Å². The van der Waals surface area contributed by atoms with E-state index >= 15 is 0 Å². The number of hydrogen-bond acceptors (Lipinski definition) is 6. The summed E-state index contributed by atoms with van der Waals surface area (Å²) in [6, 6.07) is 11.4. The molecule has 2 aromatic carbocycles. The van der Waals surface area contributed by atoms with Crippen molar-refractivity contribution in [1.29, 1.82) is 0 Å². The molecule has 0 atom stereocenters. The van der Waals surface area contributed by atoms with Crippen molar-refractivity contribution < 1.29 is 41.4 Å². The summed E-state index contributed by atoms with van der Waals surface area (Å²) >= 11 is 0. The van der Waals surface area contributed by atoms with E-state index in [4.69, 9.17) is 9.90 Å². The van der Waals surface area contributed by atoms with Gasteiger partial charge in [-0.15, -0.1) is 0 Å². The highest BCUT2D eigenvalue weighted by Crippen LogP contribution is 2.33. The van der Waals surface area contributed by atoms with Gasteiger partial charge >= 0.3 is 18.1 Å². The maximum atomic E-state index is 13.1. The molecule has 226 valence electrons. The number of sulfonamides is 1. The Hall–Kier alpha value is -3.32. The summed E-state index contributed by atoms with van der Waals surface area (Å²) in [5.74, 6) is -3.17. The minimum atomic E-state index is -5.08. The number of nitrogens with one attached hydrogen (secondary N) is 1. The van der Waals surface area contributed by atoms with Crippen molar-refractivity contribution in [1.82, 2.24) is 4.90 Å². The molecular formula is C28H36F3N3O6S. The van der Waals surface area contributed by atoms with Crippen LogP contribution in [0.3, 0.4) is 0 Å². The predicted octanol–water partition coefficient (Wildman–Crippen LogP) is 5.22. The lowest BCUT2D eigenvalue weighted by atomic mass is 9.92. The van der Waals surface area contributed by atoms with Gasteiger partial charge in [-0.05, 0) is 100 Å². The van der Waals surface area contributed by atoms with Crippen LogP contribution in [0.5, 0.6) is 0 Å². The highest BCUT2D eigenvalue weighted by Gasteiger charge is 2.38. The fraction of sp³-hybridized carbons (Fsp3) is 0.500. The monoisotopic (exact) mass is 599 g/mol. The molecular weight excluding hydrogens is 563 g/mol. The van der Waals surface area contributed by atoms with Gasteiger partial charge in [0.25, 0.3) is 10.0 Å². The molecule has 3 N–H and O–H groups in total. The van der Waals surface area contributed by atoms with Crippen LogP contribution in [0.15, 0.2) is 47.4 Å². The Labute approximate surface area is 238 Å². The third-order valence-electron chi connectivity index (χ3n) is 7.29. The smallest absolute Gasteiger partial charge is 0.478 e. The summed E-state index contributed by atoms with van der Waals surface area (Å²) in [5.41, 5.74) is 1.94. The molecule has 0 unspecified atom stereocenters. The first-order valence-corrected chi connectivity index (χ1v) is 15.0. The summed E-state index contributed by atoms with van der Waals surface area (Å²) in [4.78, 5) is 25.4. The topological polar surface area (TPSA) is 127 Å². The first-order valence-electron chi connectivity index (χ1n) is 13.5. The van der Waals surface area contributed by atoms with E-state index in [2.05, 4.69) is 14.5 Å². The highest BCUT2D eigenvalue weighted by molar-refractivity contribution is 7.92. The number of aliphatic carboxylic acids is 1. The molecule has 0 radical (unpaired) electrons. The van der Waals surface area contributed by atoms with Crippen molar-refractivity contribution in [2.75, 3.05) is 42.3 Å². The molecule has 4 rings (SSSR count). The minimum absolute atomic E-state index is 0.0575. The van der Waals surface area contributed by atoms with Crippen molar-refractivity contribution in [3.63, 3.8) is 0 Å². The van der Waals surface area contributed by atoms with Crippen molar-refractivity contribution >= 4 is 33.3 Å². The SMILES string of the molecule is Cc1cccc(S(=O)(=O)Nc2cc(C(=O)O)ccc2N2CCC(CCN3CCCCC3)CC2)c1.O=C(O)C(F)(F)F. The average molecular weight is 600 g/mol. The summed E-state index contributed by atoms with van der Waals surface area (Å²) in [5, 5.41) is 16.6. The van der Waals surface area contributed by atoms with Crippen LogP contribution in [0.1, 0.15) is 54.4 Å². The molecule has 13 heteroatoms. The number of carboxylic acid groups (broad SMARTS) is 2. The second kappa shape index (κ2) is 14.0. The fourth-order valence-corrected chi connectivity index (χ4v) is 6.19. The summed E-state index contributed by atoms with van der Waals surface area (Å²) in [6.07, 6.45) is 2.21. The lowest BCUT2D eigenvalue weighted by molar-refractivity contribution is -0.192. The Balaban J connectivity index is 0.000000587. The van der Waals surface area contributed by atoms with Crippen molar-refractivity contribution in [2.24, 2.45) is 5.92 Å². The minimum Gasteiger partial charge on any atom is -0.478 e. The number of rotatable bonds is 8. The normalized spacial score (nSPS) is 16.9. The predicted molar refractivity (Wildman–Crippen MR) is 149 cm³/mol. The lowest BCUT2D eigenvalue weighted by Crippen LogP contribution is -2.36. The zero-order valence-corrected chi connectivity index (χ0v) is 23.7. The molecule has 9 nitrogen and oxygen atoms in total.